The van der Waals surface area contributed by atoms with Crippen molar-refractivity contribution in [1.82, 2.24) is 15.8 Å². The molecule has 4 rings (SSSR count). The highest BCUT2D eigenvalue weighted by Gasteiger charge is 2.42. The van der Waals surface area contributed by atoms with Crippen LogP contribution in [0.1, 0.15) is 41.7 Å². The molecule has 0 spiro atoms. The van der Waals surface area contributed by atoms with Crippen LogP contribution in [0.3, 0.4) is 0 Å². The van der Waals surface area contributed by atoms with Crippen molar-refractivity contribution in [3.8, 4) is 0 Å². The molecule has 3 N–H and O–H groups in total. The van der Waals surface area contributed by atoms with E-state index in [-0.39, 0.29) is 30.3 Å². The minimum atomic E-state index is -0.359. The molecule has 1 aliphatic heterocycles. The quantitative estimate of drug-likeness (QED) is 0.587. The smallest absolute Gasteiger partial charge is 0.325 e. The number of aromatic amines is 1. The van der Waals surface area contributed by atoms with Gasteiger partial charge in [-0.1, -0.05) is 31.0 Å². The van der Waals surface area contributed by atoms with Gasteiger partial charge in [-0.05, 0) is 25.8 Å². The number of hydrazine groups is 1. The SMILES string of the molecule is Cc1[nH]c2ccccc2c1C(=O)COC(=O)C1NNC2CCCCC21. The van der Waals surface area contributed by atoms with Crippen molar-refractivity contribution >= 4 is 22.7 Å². The van der Waals surface area contributed by atoms with E-state index in [1.807, 2.05) is 31.2 Å². The molecule has 1 aromatic heterocycles. The molecule has 2 heterocycles. The van der Waals surface area contributed by atoms with Crippen LogP contribution in [0.5, 0.6) is 0 Å². The van der Waals surface area contributed by atoms with Crippen LogP contribution < -0.4 is 10.9 Å². The highest BCUT2D eigenvalue weighted by atomic mass is 16.5. The summed E-state index contributed by atoms with van der Waals surface area (Å²) in [6, 6.07) is 7.63. The van der Waals surface area contributed by atoms with Gasteiger partial charge in [0.25, 0.3) is 0 Å². The van der Waals surface area contributed by atoms with Crippen LogP contribution >= 0.6 is 0 Å². The summed E-state index contributed by atoms with van der Waals surface area (Å²) in [6.45, 7) is 1.64. The van der Waals surface area contributed by atoms with Gasteiger partial charge in [-0.3, -0.25) is 15.0 Å². The lowest BCUT2D eigenvalue weighted by Crippen LogP contribution is -2.40. The Hall–Kier alpha value is -2.18. The number of benzene rings is 1. The summed E-state index contributed by atoms with van der Waals surface area (Å²) in [5.74, 6) is -0.256. The number of hydrogen-bond donors (Lipinski definition) is 3. The molecule has 132 valence electrons. The van der Waals surface area contributed by atoms with E-state index >= 15 is 0 Å². The van der Waals surface area contributed by atoms with Crippen LogP contribution in [0.25, 0.3) is 10.9 Å². The molecular formula is C19H23N3O3. The fraction of sp³-hybridized carbons (Fsp3) is 0.474. The van der Waals surface area contributed by atoms with Crippen molar-refractivity contribution in [2.45, 2.75) is 44.7 Å². The van der Waals surface area contributed by atoms with Crippen molar-refractivity contribution in [1.29, 1.82) is 0 Å². The molecule has 2 aliphatic rings. The first-order valence-electron chi connectivity index (χ1n) is 8.93. The first-order chi connectivity index (χ1) is 12.1. The minimum absolute atomic E-state index is 0.172. The number of carbonyl (C=O) groups excluding carboxylic acids is 2. The van der Waals surface area contributed by atoms with Gasteiger partial charge in [0.05, 0.1) is 0 Å². The molecule has 3 atom stereocenters. The van der Waals surface area contributed by atoms with Crippen molar-refractivity contribution < 1.29 is 14.3 Å². The molecule has 6 nitrogen and oxygen atoms in total. The van der Waals surface area contributed by atoms with Gasteiger partial charge in [-0.2, -0.15) is 0 Å². The predicted molar refractivity (Wildman–Crippen MR) is 94.1 cm³/mol. The van der Waals surface area contributed by atoms with Gasteiger partial charge in [0, 0.05) is 34.1 Å². The molecule has 0 amide bonds. The summed E-state index contributed by atoms with van der Waals surface area (Å²) in [6.07, 6.45) is 4.42. The molecule has 6 heteroatoms. The number of aromatic nitrogens is 1. The highest BCUT2D eigenvalue weighted by Crippen LogP contribution is 2.30. The number of H-pyrrole nitrogens is 1. The lowest BCUT2D eigenvalue weighted by Gasteiger charge is -2.26. The minimum Gasteiger partial charge on any atom is -0.456 e. The van der Waals surface area contributed by atoms with Gasteiger partial charge >= 0.3 is 5.97 Å². The Morgan fingerprint density at radius 3 is 2.84 bits per heavy atom. The van der Waals surface area contributed by atoms with E-state index in [0.717, 1.165) is 35.9 Å². The third-order valence-electron chi connectivity index (χ3n) is 5.44. The van der Waals surface area contributed by atoms with Gasteiger partial charge in [0.1, 0.15) is 6.04 Å². The maximum absolute atomic E-state index is 12.6. The molecule has 1 aromatic carbocycles. The monoisotopic (exact) mass is 341 g/mol. The first kappa shape index (κ1) is 16.3. The van der Waals surface area contributed by atoms with Crippen LogP contribution in [0.2, 0.25) is 0 Å². The molecule has 0 radical (unpaired) electrons. The molecular weight excluding hydrogens is 318 g/mol. The molecule has 2 aromatic rings. The van der Waals surface area contributed by atoms with E-state index < -0.39 is 0 Å². The molecule has 1 aliphatic carbocycles. The average Bonchev–Trinajstić information content (AvgIpc) is 3.19. The second-order valence-electron chi connectivity index (χ2n) is 7.02. The van der Waals surface area contributed by atoms with Crippen molar-refractivity contribution in [2.24, 2.45) is 5.92 Å². The second kappa shape index (κ2) is 6.61. The number of carbonyl (C=O) groups is 2. The van der Waals surface area contributed by atoms with Gasteiger partial charge in [-0.15, -0.1) is 0 Å². The summed E-state index contributed by atoms with van der Waals surface area (Å²) in [5.41, 5.74) is 8.58. The van der Waals surface area contributed by atoms with Gasteiger partial charge in [-0.25, -0.2) is 5.43 Å². The van der Waals surface area contributed by atoms with E-state index in [4.69, 9.17) is 4.74 Å². The maximum atomic E-state index is 12.6. The third-order valence-corrected chi connectivity index (χ3v) is 5.44. The van der Waals surface area contributed by atoms with Crippen LogP contribution in [-0.4, -0.2) is 35.4 Å². The largest absolute Gasteiger partial charge is 0.456 e. The average molecular weight is 341 g/mol. The zero-order chi connectivity index (χ0) is 17.4. The summed E-state index contributed by atoms with van der Waals surface area (Å²) in [4.78, 5) is 28.3. The van der Waals surface area contributed by atoms with E-state index in [1.165, 1.54) is 6.42 Å². The Morgan fingerprint density at radius 2 is 1.96 bits per heavy atom. The summed E-state index contributed by atoms with van der Waals surface area (Å²) in [7, 11) is 0. The van der Waals surface area contributed by atoms with E-state index in [0.29, 0.717) is 11.6 Å². The number of esters is 1. The Bertz CT molecular complexity index is 813. The lowest BCUT2D eigenvalue weighted by atomic mass is 9.82. The summed E-state index contributed by atoms with van der Waals surface area (Å²) in [5, 5.41) is 0.869. The van der Waals surface area contributed by atoms with Crippen LogP contribution in [0.4, 0.5) is 0 Å². The fourth-order valence-corrected chi connectivity index (χ4v) is 4.21. The number of aryl methyl sites for hydroxylation is 1. The number of ketones is 1. The molecule has 2 fully saturated rings. The number of nitrogens with one attached hydrogen (secondary N) is 3. The van der Waals surface area contributed by atoms with Crippen molar-refractivity contribution in [3.05, 3.63) is 35.5 Å². The van der Waals surface area contributed by atoms with Gasteiger partial charge in [0.15, 0.2) is 6.61 Å². The normalized spacial score (nSPS) is 25.7. The number of Topliss-reactive ketones (excluding diaryl/α,β-unsaturated/α-hetero) is 1. The topological polar surface area (TPSA) is 83.2 Å². The standard InChI is InChI=1S/C19H23N3O3/c1-11-17(12-6-2-4-8-14(12)20-11)16(23)10-25-19(24)18-13-7-3-5-9-15(13)21-22-18/h2,4,6,8,13,15,18,20-22H,3,5,7,9-10H2,1H3. The fourth-order valence-electron chi connectivity index (χ4n) is 4.21. The van der Waals surface area contributed by atoms with E-state index in [1.54, 1.807) is 0 Å². The second-order valence-corrected chi connectivity index (χ2v) is 7.02. The molecule has 25 heavy (non-hydrogen) atoms. The number of rotatable bonds is 4. The van der Waals surface area contributed by atoms with Gasteiger partial charge in [0.2, 0.25) is 5.78 Å². The number of hydrogen-bond acceptors (Lipinski definition) is 5. The lowest BCUT2D eigenvalue weighted by molar-refractivity contribution is -0.146. The molecule has 0 bridgehead atoms. The molecule has 1 saturated carbocycles. The number of para-hydroxylation sites is 1. The maximum Gasteiger partial charge on any atom is 0.325 e. The van der Waals surface area contributed by atoms with Crippen LogP contribution in [0.15, 0.2) is 24.3 Å². The summed E-state index contributed by atoms with van der Waals surface area (Å²) >= 11 is 0. The Labute approximate surface area is 146 Å². The summed E-state index contributed by atoms with van der Waals surface area (Å²) < 4.78 is 5.36. The van der Waals surface area contributed by atoms with Crippen LogP contribution in [-0.2, 0) is 9.53 Å². The zero-order valence-corrected chi connectivity index (χ0v) is 14.3. The third kappa shape index (κ3) is 2.96. The molecule has 1 saturated heterocycles. The first-order valence-corrected chi connectivity index (χ1v) is 8.93. The van der Waals surface area contributed by atoms with Crippen molar-refractivity contribution in [3.63, 3.8) is 0 Å². The Balaban J connectivity index is 1.43. The predicted octanol–water partition coefficient (Wildman–Crippen LogP) is 2.24. The van der Waals surface area contributed by atoms with Crippen LogP contribution in [0, 0.1) is 12.8 Å². The number of fused-ring (bicyclic) bond motifs is 2. The molecule has 3 unspecified atom stereocenters. The Kier molecular flexibility index (Phi) is 4.31. The Morgan fingerprint density at radius 1 is 1.16 bits per heavy atom. The van der Waals surface area contributed by atoms with Crippen molar-refractivity contribution in [2.75, 3.05) is 6.61 Å². The van der Waals surface area contributed by atoms with E-state index in [2.05, 4.69) is 15.8 Å². The highest BCUT2D eigenvalue weighted by molar-refractivity contribution is 6.10. The number of ether oxygens (including phenoxy) is 1. The van der Waals surface area contributed by atoms with Gasteiger partial charge < -0.3 is 9.72 Å². The van der Waals surface area contributed by atoms with E-state index in [9.17, 15) is 9.59 Å². The zero-order valence-electron chi connectivity index (χ0n) is 14.3.